The van der Waals surface area contributed by atoms with Gasteiger partial charge in [-0.2, -0.15) is 5.10 Å². The van der Waals surface area contributed by atoms with Gasteiger partial charge in [0, 0.05) is 49.5 Å². The second-order valence-electron chi connectivity index (χ2n) is 4.55. The molecule has 98 valence electrons. The molecule has 6 heteroatoms. The summed E-state index contributed by atoms with van der Waals surface area (Å²) in [6.07, 6.45) is 3.89. The summed E-state index contributed by atoms with van der Waals surface area (Å²) in [6, 6.07) is 0. The highest BCUT2D eigenvalue weighted by atomic mass is 32.1. The molecule has 0 aromatic carbocycles. The molecule has 2 heterocycles. The molecule has 0 saturated heterocycles. The summed E-state index contributed by atoms with van der Waals surface area (Å²) in [4.78, 5) is 13.9. The van der Waals surface area contributed by atoms with Gasteiger partial charge >= 0.3 is 4.87 Å². The largest absolute Gasteiger partial charge is 0.307 e. The van der Waals surface area contributed by atoms with Crippen LogP contribution < -0.4 is 4.87 Å². The third-order valence-corrected chi connectivity index (χ3v) is 3.77. The molecule has 0 aliphatic heterocycles. The monoisotopic (exact) mass is 266 g/mol. The minimum atomic E-state index is 0.127. The molecule has 0 aliphatic carbocycles. The minimum Gasteiger partial charge on any atom is -0.302 e. The summed E-state index contributed by atoms with van der Waals surface area (Å²) in [6.45, 7) is 4.42. The third-order valence-electron chi connectivity index (χ3n) is 2.89. The second-order valence-corrected chi connectivity index (χ2v) is 5.38. The molecule has 0 unspecified atom stereocenters. The lowest BCUT2D eigenvalue weighted by Gasteiger charge is -2.16. The average molecular weight is 266 g/mol. The summed E-state index contributed by atoms with van der Waals surface area (Å²) in [5.74, 6) is 0. The van der Waals surface area contributed by atoms with Crippen molar-refractivity contribution >= 4 is 11.3 Å². The van der Waals surface area contributed by atoms with Crippen LogP contribution in [0.15, 0.2) is 22.6 Å². The molecule has 0 fully saturated rings. The predicted octanol–water partition coefficient (Wildman–Crippen LogP) is 1.08. The van der Waals surface area contributed by atoms with E-state index in [-0.39, 0.29) is 4.87 Å². The molecule has 0 saturated carbocycles. The van der Waals surface area contributed by atoms with Gasteiger partial charge in [-0.15, -0.1) is 0 Å². The number of hydrogen-bond donors (Lipinski definition) is 0. The van der Waals surface area contributed by atoms with Crippen molar-refractivity contribution in [1.82, 2.24) is 19.2 Å². The quantitative estimate of drug-likeness (QED) is 0.813. The van der Waals surface area contributed by atoms with Crippen LogP contribution in [0.3, 0.4) is 0 Å². The molecule has 2 aromatic rings. The number of nitrogens with zero attached hydrogens (tertiary/aromatic N) is 4. The minimum absolute atomic E-state index is 0.127. The van der Waals surface area contributed by atoms with Gasteiger partial charge in [0.2, 0.25) is 0 Å². The number of aromatic nitrogens is 3. The molecule has 0 aliphatic rings. The Morgan fingerprint density at radius 1 is 1.50 bits per heavy atom. The van der Waals surface area contributed by atoms with E-state index in [4.69, 9.17) is 0 Å². The first-order chi connectivity index (χ1) is 8.56. The molecule has 0 bridgehead atoms. The number of thiazole rings is 1. The van der Waals surface area contributed by atoms with Gasteiger partial charge in [-0.25, -0.2) is 0 Å². The third kappa shape index (κ3) is 3.08. The Morgan fingerprint density at radius 2 is 2.28 bits per heavy atom. The lowest BCUT2D eigenvalue weighted by molar-refractivity contribution is 0.309. The Labute approximate surface area is 110 Å². The molecule has 5 nitrogen and oxygen atoms in total. The Balaban J connectivity index is 1.89. The van der Waals surface area contributed by atoms with Crippen LogP contribution in [0.4, 0.5) is 0 Å². The fraction of sp³-hybridized carbons (Fsp3) is 0.500. The standard InChI is InChI=1S/C12H18N4OS/c1-10-9-18-12(17)16(10)5-4-14(2)7-11-6-13-15(3)8-11/h6,8-9H,4-5,7H2,1-3H3. The first-order valence-corrected chi connectivity index (χ1v) is 6.75. The molecule has 0 atom stereocenters. The van der Waals surface area contributed by atoms with E-state index in [0.717, 1.165) is 25.3 Å². The first-order valence-electron chi connectivity index (χ1n) is 5.87. The van der Waals surface area contributed by atoms with E-state index < -0.39 is 0 Å². The zero-order chi connectivity index (χ0) is 13.1. The van der Waals surface area contributed by atoms with Gasteiger partial charge in [-0.05, 0) is 14.0 Å². The summed E-state index contributed by atoms with van der Waals surface area (Å²) < 4.78 is 3.63. The summed E-state index contributed by atoms with van der Waals surface area (Å²) in [5.41, 5.74) is 2.23. The van der Waals surface area contributed by atoms with Crippen molar-refractivity contribution in [2.75, 3.05) is 13.6 Å². The van der Waals surface area contributed by atoms with E-state index in [1.807, 2.05) is 36.3 Å². The predicted molar refractivity (Wildman–Crippen MR) is 72.9 cm³/mol. The maximum absolute atomic E-state index is 11.6. The van der Waals surface area contributed by atoms with Crippen molar-refractivity contribution in [1.29, 1.82) is 0 Å². The van der Waals surface area contributed by atoms with Crippen LogP contribution in [0.2, 0.25) is 0 Å². The SMILES string of the molecule is Cc1csc(=O)n1CCN(C)Cc1cnn(C)c1. The van der Waals surface area contributed by atoms with Gasteiger partial charge in [-0.3, -0.25) is 9.48 Å². The fourth-order valence-corrected chi connectivity index (χ4v) is 2.65. The highest BCUT2D eigenvalue weighted by Crippen LogP contribution is 2.03. The topological polar surface area (TPSA) is 43.1 Å². The van der Waals surface area contributed by atoms with Gasteiger partial charge in [0.25, 0.3) is 0 Å². The van der Waals surface area contributed by atoms with E-state index in [1.54, 1.807) is 4.68 Å². The molecular weight excluding hydrogens is 248 g/mol. The lowest BCUT2D eigenvalue weighted by atomic mass is 10.3. The van der Waals surface area contributed by atoms with Crippen molar-refractivity contribution in [3.8, 4) is 0 Å². The molecule has 0 radical (unpaired) electrons. The van der Waals surface area contributed by atoms with E-state index in [1.165, 1.54) is 16.9 Å². The van der Waals surface area contributed by atoms with Crippen molar-refractivity contribution in [2.45, 2.75) is 20.0 Å². The van der Waals surface area contributed by atoms with E-state index in [2.05, 4.69) is 17.0 Å². The highest BCUT2D eigenvalue weighted by Gasteiger charge is 2.06. The van der Waals surface area contributed by atoms with E-state index in [9.17, 15) is 4.79 Å². The van der Waals surface area contributed by atoms with Crippen LogP contribution in [-0.2, 0) is 20.1 Å². The summed E-state index contributed by atoms with van der Waals surface area (Å²) >= 11 is 1.27. The van der Waals surface area contributed by atoms with Gasteiger partial charge in [0.1, 0.15) is 0 Å². The van der Waals surface area contributed by atoms with E-state index >= 15 is 0 Å². The normalized spacial score (nSPS) is 11.3. The molecule has 2 aromatic heterocycles. The zero-order valence-electron chi connectivity index (χ0n) is 11.0. The van der Waals surface area contributed by atoms with Crippen LogP contribution in [-0.4, -0.2) is 32.8 Å². The number of aryl methyl sites for hydroxylation is 2. The van der Waals surface area contributed by atoms with Gasteiger partial charge in [0.05, 0.1) is 6.20 Å². The Morgan fingerprint density at radius 3 is 2.83 bits per heavy atom. The molecule has 18 heavy (non-hydrogen) atoms. The van der Waals surface area contributed by atoms with Gasteiger partial charge < -0.3 is 9.47 Å². The fourth-order valence-electron chi connectivity index (χ4n) is 1.89. The lowest BCUT2D eigenvalue weighted by Crippen LogP contribution is -2.26. The van der Waals surface area contributed by atoms with Crippen molar-refractivity contribution < 1.29 is 0 Å². The zero-order valence-corrected chi connectivity index (χ0v) is 11.8. The molecule has 0 amide bonds. The Kier molecular flexibility index (Phi) is 3.98. The van der Waals surface area contributed by atoms with Crippen LogP contribution in [0.25, 0.3) is 0 Å². The van der Waals surface area contributed by atoms with Gasteiger partial charge in [0.15, 0.2) is 0 Å². The van der Waals surface area contributed by atoms with Crippen LogP contribution >= 0.6 is 11.3 Å². The number of likely N-dealkylation sites (N-methyl/N-ethyl adjacent to an activating group) is 1. The average Bonchev–Trinajstić information content (AvgIpc) is 2.84. The maximum atomic E-state index is 11.6. The highest BCUT2D eigenvalue weighted by molar-refractivity contribution is 7.07. The smallest absolute Gasteiger partial charge is 0.302 e. The molecule has 2 rings (SSSR count). The van der Waals surface area contributed by atoms with Crippen molar-refractivity contribution in [3.05, 3.63) is 38.7 Å². The van der Waals surface area contributed by atoms with Crippen molar-refractivity contribution in [2.24, 2.45) is 7.05 Å². The van der Waals surface area contributed by atoms with E-state index in [0.29, 0.717) is 0 Å². The number of rotatable bonds is 5. The summed E-state index contributed by atoms with van der Waals surface area (Å²) in [7, 11) is 3.97. The van der Waals surface area contributed by atoms with Gasteiger partial charge in [-0.1, -0.05) is 11.3 Å². The van der Waals surface area contributed by atoms with Crippen LogP contribution in [0.5, 0.6) is 0 Å². The first kappa shape index (κ1) is 13.0. The van der Waals surface area contributed by atoms with Crippen LogP contribution in [0, 0.1) is 6.92 Å². The molecule has 0 spiro atoms. The molecular formula is C12H18N4OS. The Hall–Kier alpha value is -1.40. The molecule has 0 N–H and O–H groups in total. The van der Waals surface area contributed by atoms with Crippen LogP contribution in [0.1, 0.15) is 11.3 Å². The van der Waals surface area contributed by atoms with Crippen molar-refractivity contribution in [3.63, 3.8) is 0 Å². The second kappa shape index (κ2) is 5.49. The maximum Gasteiger partial charge on any atom is 0.307 e. The summed E-state index contributed by atoms with van der Waals surface area (Å²) in [5, 5.41) is 6.05. The Bertz CT molecular complexity index is 569. The number of hydrogen-bond acceptors (Lipinski definition) is 4.